The van der Waals surface area contributed by atoms with Crippen LogP contribution >= 0.6 is 15.9 Å². The molecule has 1 aliphatic rings. The second kappa shape index (κ2) is 6.24. The molecular weight excluding hydrogens is 336 g/mol. The first kappa shape index (κ1) is 14.7. The van der Waals surface area contributed by atoms with E-state index in [4.69, 9.17) is 0 Å². The predicted octanol–water partition coefficient (Wildman–Crippen LogP) is 4.59. The maximum atomic E-state index is 13.5. The standard InChI is InChI=1S/C17H16BrF2N/c18-17-9-13(20)4-5-15(17)14-6-7-21-10-16(14)11-2-1-3-12(19)8-11/h1-5,8-9,14,16,21H,6-7,10H2. The Balaban J connectivity index is 1.98. The average Bonchev–Trinajstić information content (AvgIpc) is 2.47. The zero-order valence-electron chi connectivity index (χ0n) is 11.5. The molecule has 21 heavy (non-hydrogen) atoms. The normalized spacial score (nSPS) is 22.2. The fourth-order valence-corrected chi connectivity index (χ4v) is 3.77. The van der Waals surface area contributed by atoms with E-state index in [0.29, 0.717) is 0 Å². The number of hydrogen-bond acceptors (Lipinski definition) is 1. The van der Waals surface area contributed by atoms with E-state index in [0.717, 1.165) is 35.1 Å². The minimum Gasteiger partial charge on any atom is -0.316 e. The Hall–Kier alpha value is -1.26. The van der Waals surface area contributed by atoms with Gasteiger partial charge in [-0.2, -0.15) is 0 Å². The van der Waals surface area contributed by atoms with Crippen molar-refractivity contribution in [3.63, 3.8) is 0 Å². The third-order valence-corrected chi connectivity index (χ3v) is 4.81. The lowest BCUT2D eigenvalue weighted by Gasteiger charge is -2.33. The molecule has 0 aromatic heterocycles. The van der Waals surface area contributed by atoms with Crippen LogP contribution in [0.4, 0.5) is 8.78 Å². The Labute approximate surface area is 131 Å². The number of rotatable bonds is 2. The fourth-order valence-electron chi connectivity index (χ4n) is 3.12. The molecule has 110 valence electrons. The SMILES string of the molecule is Fc1cccc(C2CNCCC2c2ccc(F)cc2Br)c1. The zero-order valence-corrected chi connectivity index (χ0v) is 13.0. The van der Waals surface area contributed by atoms with Gasteiger partial charge in [0.25, 0.3) is 0 Å². The Morgan fingerprint density at radius 2 is 1.81 bits per heavy atom. The van der Waals surface area contributed by atoms with E-state index in [9.17, 15) is 8.78 Å². The first-order chi connectivity index (χ1) is 10.1. The lowest BCUT2D eigenvalue weighted by Crippen LogP contribution is -2.34. The third kappa shape index (κ3) is 3.16. The highest BCUT2D eigenvalue weighted by Gasteiger charge is 2.29. The van der Waals surface area contributed by atoms with Gasteiger partial charge in [-0.25, -0.2) is 8.78 Å². The van der Waals surface area contributed by atoms with E-state index in [1.54, 1.807) is 12.1 Å². The molecule has 1 heterocycles. The van der Waals surface area contributed by atoms with Gasteiger partial charge in [-0.15, -0.1) is 0 Å². The van der Waals surface area contributed by atoms with Crippen LogP contribution < -0.4 is 5.32 Å². The molecule has 1 saturated heterocycles. The molecule has 1 N–H and O–H groups in total. The highest BCUT2D eigenvalue weighted by Crippen LogP contribution is 2.40. The van der Waals surface area contributed by atoms with Gasteiger partial charge in [0.2, 0.25) is 0 Å². The van der Waals surface area contributed by atoms with E-state index in [-0.39, 0.29) is 23.5 Å². The smallest absolute Gasteiger partial charge is 0.124 e. The van der Waals surface area contributed by atoms with Crippen molar-refractivity contribution in [2.45, 2.75) is 18.3 Å². The first-order valence-corrected chi connectivity index (χ1v) is 7.85. The largest absolute Gasteiger partial charge is 0.316 e. The lowest BCUT2D eigenvalue weighted by atomic mass is 9.77. The van der Waals surface area contributed by atoms with Crippen molar-refractivity contribution in [1.82, 2.24) is 5.32 Å². The number of piperidine rings is 1. The van der Waals surface area contributed by atoms with Crippen molar-refractivity contribution in [2.75, 3.05) is 13.1 Å². The zero-order chi connectivity index (χ0) is 14.8. The van der Waals surface area contributed by atoms with Gasteiger partial charge in [0.1, 0.15) is 11.6 Å². The molecule has 0 amide bonds. The topological polar surface area (TPSA) is 12.0 Å². The summed E-state index contributed by atoms with van der Waals surface area (Å²) in [7, 11) is 0. The maximum Gasteiger partial charge on any atom is 0.124 e. The van der Waals surface area contributed by atoms with Crippen molar-refractivity contribution in [1.29, 1.82) is 0 Å². The molecule has 4 heteroatoms. The summed E-state index contributed by atoms with van der Waals surface area (Å²) in [5.74, 6) is -0.0175. The molecule has 3 rings (SSSR count). The van der Waals surface area contributed by atoms with Gasteiger partial charge in [-0.3, -0.25) is 0 Å². The van der Waals surface area contributed by atoms with E-state index in [1.807, 2.05) is 12.1 Å². The van der Waals surface area contributed by atoms with Crippen LogP contribution in [0.15, 0.2) is 46.9 Å². The van der Waals surface area contributed by atoms with Gasteiger partial charge in [0.05, 0.1) is 0 Å². The van der Waals surface area contributed by atoms with Gasteiger partial charge >= 0.3 is 0 Å². The summed E-state index contributed by atoms with van der Waals surface area (Å²) < 4.78 is 27.6. The molecule has 1 aliphatic heterocycles. The van der Waals surface area contributed by atoms with Crippen LogP contribution in [0.2, 0.25) is 0 Å². The van der Waals surface area contributed by atoms with Crippen molar-refractivity contribution < 1.29 is 8.78 Å². The van der Waals surface area contributed by atoms with Crippen molar-refractivity contribution in [3.8, 4) is 0 Å². The number of hydrogen-bond donors (Lipinski definition) is 1. The van der Waals surface area contributed by atoms with Crippen LogP contribution in [0.25, 0.3) is 0 Å². The Morgan fingerprint density at radius 1 is 1.00 bits per heavy atom. The van der Waals surface area contributed by atoms with Crippen LogP contribution in [-0.4, -0.2) is 13.1 Å². The monoisotopic (exact) mass is 351 g/mol. The van der Waals surface area contributed by atoms with Crippen molar-refractivity contribution in [3.05, 3.63) is 69.7 Å². The molecule has 2 aromatic rings. The third-order valence-electron chi connectivity index (χ3n) is 4.12. The molecule has 0 aliphatic carbocycles. The molecule has 1 fully saturated rings. The molecule has 2 unspecified atom stereocenters. The number of halogens is 3. The fraction of sp³-hybridized carbons (Fsp3) is 0.294. The van der Waals surface area contributed by atoms with Gasteiger partial charge in [-0.05, 0) is 54.3 Å². The van der Waals surface area contributed by atoms with Crippen LogP contribution in [-0.2, 0) is 0 Å². The number of benzene rings is 2. The predicted molar refractivity (Wildman–Crippen MR) is 83.5 cm³/mol. The summed E-state index contributed by atoms with van der Waals surface area (Å²) in [6.45, 7) is 1.72. The summed E-state index contributed by atoms with van der Waals surface area (Å²) in [5, 5.41) is 3.37. The van der Waals surface area contributed by atoms with Crippen LogP contribution in [0.5, 0.6) is 0 Å². The summed E-state index contributed by atoms with van der Waals surface area (Å²) in [6.07, 6.45) is 0.950. The summed E-state index contributed by atoms with van der Waals surface area (Å²) in [4.78, 5) is 0. The van der Waals surface area contributed by atoms with Crippen LogP contribution in [0.1, 0.15) is 29.4 Å². The Morgan fingerprint density at radius 3 is 2.57 bits per heavy atom. The highest BCUT2D eigenvalue weighted by atomic mass is 79.9. The quantitative estimate of drug-likeness (QED) is 0.834. The van der Waals surface area contributed by atoms with Gasteiger partial charge in [0, 0.05) is 16.9 Å². The van der Waals surface area contributed by atoms with E-state index in [2.05, 4.69) is 21.2 Å². The molecule has 1 nitrogen and oxygen atoms in total. The van der Waals surface area contributed by atoms with E-state index in [1.165, 1.54) is 18.2 Å². The minimum absolute atomic E-state index is 0.191. The second-order valence-electron chi connectivity index (χ2n) is 5.43. The Bertz CT molecular complexity index is 644. The summed E-state index contributed by atoms with van der Waals surface area (Å²) in [5.41, 5.74) is 2.08. The second-order valence-corrected chi connectivity index (χ2v) is 6.28. The summed E-state index contributed by atoms with van der Waals surface area (Å²) in [6, 6.07) is 11.6. The van der Waals surface area contributed by atoms with E-state index >= 15 is 0 Å². The molecular formula is C17H16BrF2N. The lowest BCUT2D eigenvalue weighted by molar-refractivity contribution is 0.401. The Kier molecular flexibility index (Phi) is 4.36. The van der Waals surface area contributed by atoms with Gasteiger partial charge in [0.15, 0.2) is 0 Å². The molecule has 0 saturated carbocycles. The maximum absolute atomic E-state index is 13.5. The highest BCUT2D eigenvalue weighted by molar-refractivity contribution is 9.10. The number of nitrogens with one attached hydrogen (secondary N) is 1. The molecule has 0 bridgehead atoms. The first-order valence-electron chi connectivity index (χ1n) is 7.06. The summed E-state index contributed by atoms with van der Waals surface area (Å²) >= 11 is 3.46. The van der Waals surface area contributed by atoms with Gasteiger partial charge in [-0.1, -0.05) is 34.1 Å². The van der Waals surface area contributed by atoms with Gasteiger partial charge < -0.3 is 5.32 Å². The molecule has 0 spiro atoms. The van der Waals surface area contributed by atoms with Crippen LogP contribution in [0.3, 0.4) is 0 Å². The van der Waals surface area contributed by atoms with Crippen molar-refractivity contribution >= 4 is 15.9 Å². The molecule has 0 radical (unpaired) electrons. The van der Waals surface area contributed by atoms with Crippen LogP contribution in [0, 0.1) is 11.6 Å². The van der Waals surface area contributed by atoms with E-state index < -0.39 is 0 Å². The van der Waals surface area contributed by atoms with Crippen molar-refractivity contribution in [2.24, 2.45) is 0 Å². The average molecular weight is 352 g/mol. The minimum atomic E-state index is -0.248. The molecule has 2 aromatic carbocycles. The molecule has 2 atom stereocenters.